The number of rotatable bonds is 3. The molecule has 19 heavy (non-hydrogen) atoms. The van der Waals surface area contributed by atoms with Crippen LogP contribution in [-0.4, -0.2) is 17.6 Å². The zero-order valence-corrected chi connectivity index (χ0v) is 10.9. The van der Waals surface area contributed by atoms with Gasteiger partial charge in [0.1, 0.15) is 11.5 Å². The molecule has 0 saturated carbocycles. The molecule has 2 heterocycles. The van der Waals surface area contributed by atoms with Gasteiger partial charge in [0.2, 0.25) is 0 Å². The van der Waals surface area contributed by atoms with Crippen molar-refractivity contribution in [2.45, 2.75) is 6.92 Å². The highest BCUT2D eigenvalue weighted by molar-refractivity contribution is 5.94. The zero-order valence-electron chi connectivity index (χ0n) is 10.2. The van der Waals surface area contributed by atoms with Crippen LogP contribution in [0.1, 0.15) is 21.9 Å². The monoisotopic (exact) mass is 283 g/mol. The minimum absolute atomic E-state index is 0. The Bertz CT molecular complexity index is 540. The minimum atomic E-state index is -0.265. The minimum Gasteiger partial charge on any atom is -1.00 e. The van der Waals surface area contributed by atoms with Gasteiger partial charge in [-0.25, -0.2) is 10.4 Å². The van der Waals surface area contributed by atoms with Gasteiger partial charge < -0.3 is 22.3 Å². The van der Waals surface area contributed by atoms with Gasteiger partial charge in [0, 0.05) is 12.1 Å². The molecule has 102 valence electrons. The van der Waals surface area contributed by atoms with Gasteiger partial charge in [0.25, 0.3) is 5.91 Å². The summed E-state index contributed by atoms with van der Waals surface area (Å²) in [6.07, 6.45) is 4.81. The van der Waals surface area contributed by atoms with Gasteiger partial charge in [-0.05, 0) is 19.1 Å². The highest BCUT2D eigenvalue weighted by Crippen LogP contribution is 2.02. The fourth-order valence-corrected chi connectivity index (χ4v) is 1.28. The first-order valence-electron chi connectivity index (χ1n) is 5.11. The molecular weight excluding hydrogens is 270 g/mol. The highest BCUT2D eigenvalue weighted by atomic mass is 35.5. The third-order valence-electron chi connectivity index (χ3n) is 2.10. The van der Waals surface area contributed by atoms with E-state index in [0.717, 1.165) is 5.76 Å². The molecule has 2 rings (SSSR count). The predicted molar refractivity (Wildman–Crippen MR) is 65.1 cm³/mol. The number of carbonyl (C=O) groups excluding carboxylic acids is 1. The van der Waals surface area contributed by atoms with Crippen molar-refractivity contribution in [1.82, 2.24) is 5.43 Å². The topological polar surface area (TPSA) is 100 Å². The van der Waals surface area contributed by atoms with Crippen LogP contribution in [0.15, 0.2) is 46.2 Å². The van der Waals surface area contributed by atoms with Crippen LogP contribution >= 0.6 is 0 Å². The molecule has 0 radical (unpaired) electrons. The summed E-state index contributed by atoms with van der Waals surface area (Å²) in [6, 6.07) is 6.95. The average molecular weight is 284 g/mol. The number of H-pyrrole nitrogens is 1. The molecule has 0 aliphatic rings. The van der Waals surface area contributed by atoms with Crippen LogP contribution in [0.3, 0.4) is 0 Å². The van der Waals surface area contributed by atoms with E-state index in [0.29, 0.717) is 11.3 Å². The Morgan fingerprint density at radius 2 is 2.00 bits per heavy atom. The number of aromatic amines is 1. The van der Waals surface area contributed by atoms with Crippen molar-refractivity contribution in [2.75, 3.05) is 0 Å². The van der Waals surface area contributed by atoms with Crippen molar-refractivity contribution < 1.29 is 32.1 Å². The Morgan fingerprint density at radius 1 is 1.32 bits per heavy atom. The third-order valence-corrected chi connectivity index (χ3v) is 2.10. The van der Waals surface area contributed by atoms with Gasteiger partial charge in [0.05, 0.1) is 11.8 Å². The number of pyridine rings is 1. The molecule has 1 amide bonds. The number of hydrogen-bond donors (Lipinski definition) is 1. The Balaban J connectivity index is 0.00000162. The van der Waals surface area contributed by atoms with Crippen LogP contribution in [0.5, 0.6) is 0 Å². The number of aromatic nitrogens is 1. The number of hydrazone groups is 1. The smallest absolute Gasteiger partial charge is 0.271 e. The molecule has 7 heteroatoms. The lowest BCUT2D eigenvalue weighted by atomic mass is 10.3. The number of nitrogens with one attached hydrogen (secondary N) is 2. The normalized spacial score (nSPS) is 9.53. The summed E-state index contributed by atoms with van der Waals surface area (Å²) in [7, 11) is 0. The van der Waals surface area contributed by atoms with E-state index in [1.807, 2.05) is 13.0 Å². The molecule has 0 aliphatic carbocycles. The summed E-state index contributed by atoms with van der Waals surface area (Å²) in [5.41, 5.74) is 2.95. The maximum absolute atomic E-state index is 11.6. The molecule has 2 aromatic rings. The molecule has 6 nitrogen and oxygen atoms in total. The van der Waals surface area contributed by atoms with Crippen molar-refractivity contribution >= 4 is 12.1 Å². The van der Waals surface area contributed by atoms with E-state index in [9.17, 15) is 4.79 Å². The van der Waals surface area contributed by atoms with Crippen molar-refractivity contribution in [1.29, 1.82) is 0 Å². The first-order chi connectivity index (χ1) is 8.25. The second-order valence-corrected chi connectivity index (χ2v) is 3.44. The van der Waals surface area contributed by atoms with Gasteiger partial charge >= 0.3 is 0 Å². The largest absolute Gasteiger partial charge is 1.00 e. The summed E-state index contributed by atoms with van der Waals surface area (Å²) < 4.78 is 5.27. The molecule has 0 unspecified atom stereocenters. The Kier molecular flexibility index (Phi) is 7.10. The van der Waals surface area contributed by atoms with Crippen LogP contribution in [0, 0.1) is 6.92 Å². The fraction of sp³-hybridized carbons (Fsp3) is 0.0833. The second-order valence-electron chi connectivity index (χ2n) is 3.44. The SMILES string of the molecule is Cc1ccc(/C=N/NC(=O)c2cc[nH+]cc2)o1.O.[Cl-]. The maximum atomic E-state index is 11.6. The zero-order chi connectivity index (χ0) is 12.1. The molecule has 0 fully saturated rings. The predicted octanol–water partition coefficient (Wildman–Crippen LogP) is -2.65. The summed E-state index contributed by atoms with van der Waals surface area (Å²) in [6.45, 7) is 1.84. The average Bonchev–Trinajstić information content (AvgIpc) is 2.76. The van der Waals surface area contributed by atoms with Crippen LogP contribution in [-0.2, 0) is 0 Å². The van der Waals surface area contributed by atoms with Crippen LogP contribution < -0.4 is 22.8 Å². The summed E-state index contributed by atoms with van der Waals surface area (Å²) in [5, 5.41) is 3.80. The number of carbonyl (C=O) groups is 1. The lowest BCUT2D eigenvalue weighted by Gasteiger charge is -1.95. The first-order valence-corrected chi connectivity index (χ1v) is 5.11. The Labute approximate surface area is 116 Å². The molecule has 0 bridgehead atoms. The lowest BCUT2D eigenvalue weighted by Crippen LogP contribution is -3.00. The van der Waals surface area contributed by atoms with Gasteiger partial charge in [-0.2, -0.15) is 5.10 Å². The van der Waals surface area contributed by atoms with Crippen molar-refractivity contribution in [3.05, 3.63) is 53.7 Å². The maximum Gasteiger partial charge on any atom is 0.271 e. The number of hydrogen-bond acceptors (Lipinski definition) is 3. The van der Waals surface area contributed by atoms with Gasteiger partial charge in [-0.3, -0.25) is 4.79 Å². The van der Waals surface area contributed by atoms with Crippen molar-refractivity contribution in [3.8, 4) is 0 Å². The van der Waals surface area contributed by atoms with Crippen LogP contribution in [0.2, 0.25) is 0 Å². The highest BCUT2D eigenvalue weighted by Gasteiger charge is 2.03. The molecule has 0 aromatic carbocycles. The summed E-state index contributed by atoms with van der Waals surface area (Å²) >= 11 is 0. The number of amides is 1. The van der Waals surface area contributed by atoms with E-state index in [1.54, 1.807) is 30.6 Å². The van der Waals surface area contributed by atoms with Gasteiger partial charge in [-0.15, -0.1) is 0 Å². The number of furan rings is 1. The quantitative estimate of drug-likeness (QED) is 0.491. The number of aryl methyl sites for hydroxylation is 1. The van der Waals surface area contributed by atoms with Gasteiger partial charge in [-0.1, -0.05) is 0 Å². The molecule has 2 aromatic heterocycles. The molecule has 4 N–H and O–H groups in total. The van der Waals surface area contributed by atoms with Crippen molar-refractivity contribution in [3.63, 3.8) is 0 Å². The van der Waals surface area contributed by atoms with Crippen LogP contribution in [0.4, 0.5) is 0 Å². The summed E-state index contributed by atoms with van der Waals surface area (Å²) in [4.78, 5) is 14.4. The van der Waals surface area contributed by atoms with E-state index < -0.39 is 0 Å². The van der Waals surface area contributed by atoms with E-state index in [1.165, 1.54) is 6.21 Å². The standard InChI is InChI=1S/C12H11N3O2.ClH.H2O/c1-9-2-3-11(17-9)8-14-15-12(16)10-4-6-13-7-5-10;;/h2-8H,1H3,(H,15,16);1H;1H2/b14-8+;;. The Morgan fingerprint density at radius 3 is 2.58 bits per heavy atom. The molecule has 0 atom stereocenters. The van der Waals surface area contributed by atoms with E-state index >= 15 is 0 Å². The molecule has 0 aliphatic heterocycles. The first kappa shape index (κ1) is 16.8. The van der Waals surface area contributed by atoms with E-state index in [4.69, 9.17) is 4.42 Å². The van der Waals surface area contributed by atoms with Crippen molar-refractivity contribution in [2.24, 2.45) is 5.10 Å². The molecular formula is C12H14ClN3O3. The van der Waals surface area contributed by atoms with Crippen LogP contribution in [0.25, 0.3) is 0 Å². The van der Waals surface area contributed by atoms with E-state index in [-0.39, 0.29) is 23.8 Å². The van der Waals surface area contributed by atoms with Gasteiger partial charge in [0.15, 0.2) is 12.4 Å². The lowest BCUT2D eigenvalue weighted by molar-refractivity contribution is -0.378. The number of halogens is 1. The van der Waals surface area contributed by atoms with E-state index in [2.05, 4.69) is 15.5 Å². The fourth-order valence-electron chi connectivity index (χ4n) is 1.28. The Hall–Kier alpha value is -2.18. The summed E-state index contributed by atoms with van der Waals surface area (Å²) in [5.74, 6) is 1.14. The molecule has 0 saturated heterocycles. The number of nitrogens with zero attached hydrogens (tertiary/aromatic N) is 1. The third kappa shape index (κ3) is 4.90. The molecule has 0 spiro atoms. The second kappa shape index (κ2) is 8.02.